The Hall–Kier alpha value is -3.86. The highest BCUT2D eigenvalue weighted by atomic mass is 32.2. The lowest BCUT2D eigenvalue weighted by Gasteiger charge is -2.45. The summed E-state index contributed by atoms with van der Waals surface area (Å²) < 4.78 is 3.09. The monoisotopic (exact) mass is 990 g/mol. The van der Waals surface area contributed by atoms with Crippen LogP contribution >= 0.6 is 47.0 Å². The number of likely N-dealkylation sites (tertiary alicyclic amines) is 2. The number of ketones is 2. The topological polar surface area (TPSA) is 109 Å². The molecule has 4 aliphatic rings. The van der Waals surface area contributed by atoms with Gasteiger partial charge in [-0.3, -0.25) is 9.59 Å². The zero-order valence-electron chi connectivity index (χ0n) is 39.3. The molecule has 0 saturated carbocycles. The molecule has 2 saturated heterocycles. The number of rotatable bonds is 19. The Morgan fingerprint density at radius 3 is 1.41 bits per heavy atom. The molecule has 0 amide bonds. The number of hydrogen-bond acceptors (Lipinski definition) is 12. The number of aromatic nitrogens is 2. The molecule has 4 aromatic carbocycles. The summed E-state index contributed by atoms with van der Waals surface area (Å²) in [5.74, 6) is 3.76. The van der Waals surface area contributed by atoms with E-state index in [0.29, 0.717) is 23.7 Å². The standard InChI is InChI=1S/C54H62N4O6S4/c1-5-23-65-31-33-25-39-37-19-13-21-43-47(37)41(27-45(39)55(3)29-33)51(67-35-15-9-7-10-16-35)57(43)63-53(61)49(59)50(60)54(62)64-58-44-22-14-20-38-40-26-34(32-66-24-6-2)30-56(4)46(40)28-42(48(38)44)52(58)68-36-17-11-8-12-18-36/h7-22,33-34,39-40,45-46,53-54,61-62H,5-6,23-32H2,1-4H3/t33?,34?,39-,40-,45-,46-,53?,54?/m1/s1. The summed E-state index contributed by atoms with van der Waals surface area (Å²) in [6, 6.07) is 32.9. The van der Waals surface area contributed by atoms with Gasteiger partial charge in [0.25, 0.3) is 24.1 Å². The van der Waals surface area contributed by atoms with E-state index in [1.54, 1.807) is 9.46 Å². The van der Waals surface area contributed by atoms with Gasteiger partial charge in [-0.1, -0.05) is 98.0 Å². The highest BCUT2D eigenvalue weighted by Gasteiger charge is 2.44. The van der Waals surface area contributed by atoms with Crippen LogP contribution in [0.4, 0.5) is 0 Å². The smallest absolute Gasteiger partial charge is 0.289 e. The fraction of sp³-hybridized carbons (Fsp3) is 0.444. The maximum atomic E-state index is 14.1. The molecule has 10 rings (SSSR count). The summed E-state index contributed by atoms with van der Waals surface area (Å²) >= 11 is 7.10. The lowest BCUT2D eigenvalue weighted by atomic mass is 9.73. The number of likely N-dealkylation sites (N-methyl/N-ethyl adjacent to an activating group) is 2. The largest absolute Gasteiger partial charge is 0.372 e. The quantitative estimate of drug-likeness (QED) is 0.0459. The molecule has 6 aromatic rings. The van der Waals surface area contributed by atoms with Crippen molar-refractivity contribution in [2.45, 2.75) is 109 Å². The fourth-order valence-electron chi connectivity index (χ4n) is 11.5. The van der Waals surface area contributed by atoms with Crippen molar-refractivity contribution in [3.63, 3.8) is 0 Å². The predicted octanol–water partition coefficient (Wildman–Crippen LogP) is 9.44. The van der Waals surface area contributed by atoms with Crippen molar-refractivity contribution >= 4 is 80.4 Å². The number of fused-ring (bicyclic) bond motifs is 4. The molecule has 2 aromatic heterocycles. The maximum absolute atomic E-state index is 14.1. The fourth-order valence-corrected chi connectivity index (χ4v) is 15.7. The number of carbonyl (C=O) groups is 2. The van der Waals surface area contributed by atoms with Crippen LogP contribution in [0.5, 0.6) is 0 Å². The van der Waals surface area contributed by atoms with Gasteiger partial charge in [-0.2, -0.15) is 33.0 Å². The van der Waals surface area contributed by atoms with Gasteiger partial charge in [0.05, 0.1) is 11.0 Å². The molecule has 358 valence electrons. The summed E-state index contributed by atoms with van der Waals surface area (Å²) in [5, 5.41) is 27.0. The number of hydrogen-bond donors (Lipinski definition) is 2. The Morgan fingerprint density at radius 1 is 0.603 bits per heavy atom. The normalized spacial score (nSPS) is 23.3. The number of piperidine rings is 2. The van der Waals surface area contributed by atoms with E-state index in [1.807, 2.05) is 108 Å². The minimum atomic E-state index is -2.22. The van der Waals surface area contributed by atoms with Gasteiger partial charge in [-0.05, 0) is 146 Å². The molecule has 2 aliphatic carbocycles. The number of aliphatic hydroxyl groups is 2. The van der Waals surface area contributed by atoms with Gasteiger partial charge in [0.1, 0.15) is 10.1 Å². The van der Waals surface area contributed by atoms with Crippen LogP contribution in [0.1, 0.15) is 73.6 Å². The molecule has 2 aliphatic heterocycles. The lowest BCUT2D eigenvalue weighted by molar-refractivity contribution is -0.178. The Balaban J connectivity index is 0.951. The second kappa shape index (κ2) is 20.8. The van der Waals surface area contributed by atoms with Gasteiger partial charge in [0, 0.05) is 57.6 Å². The van der Waals surface area contributed by atoms with E-state index in [0.717, 1.165) is 115 Å². The number of carbonyl (C=O) groups excluding carboxylic acids is 2. The summed E-state index contributed by atoms with van der Waals surface area (Å²) in [5.41, 5.74) is 6.13. The molecule has 8 atom stereocenters. The third kappa shape index (κ3) is 9.29. The van der Waals surface area contributed by atoms with Crippen molar-refractivity contribution in [1.29, 1.82) is 0 Å². The number of nitrogens with zero attached hydrogens (tertiary/aromatic N) is 4. The van der Waals surface area contributed by atoms with E-state index in [2.05, 4.69) is 49.9 Å². The van der Waals surface area contributed by atoms with Crippen LogP contribution in [0.25, 0.3) is 21.8 Å². The number of benzene rings is 4. The van der Waals surface area contributed by atoms with Crippen molar-refractivity contribution in [2.24, 2.45) is 11.8 Å². The molecule has 14 heteroatoms. The van der Waals surface area contributed by atoms with Crippen molar-refractivity contribution in [3.8, 4) is 0 Å². The molecule has 4 heterocycles. The van der Waals surface area contributed by atoms with Gasteiger partial charge in [-0.15, -0.1) is 0 Å². The van der Waals surface area contributed by atoms with E-state index in [1.165, 1.54) is 47.5 Å². The highest BCUT2D eigenvalue weighted by molar-refractivity contribution is 8.00. The molecule has 2 fully saturated rings. The van der Waals surface area contributed by atoms with Gasteiger partial charge in [0.15, 0.2) is 0 Å². The van der Waals surface area contributed by atoms with E-state index < -0.39 is 24.1 Å². The first-order valence-corrected chi connectivity index (χ1v) is 28.2. The van der Waals surface area contributed by atoms with Crippen LogP contribution < -0.4 is 9.68 Å². The minimum Gasteiger partial charge on any atom is -0.372 e. The Bertz CT molecular complexity index is 2580. The van der Waals surface area contributed by atoms with Crippen LogP contribution in [0.15, 0.2) is 117 Å². The molecule has 0 radical (unpaired) electrons. The zero-order chi connectivity index (χ0) is 47.1. The molecular weight excluding hydrogens is 929 g/mol. The first-order valence-electron chi connectivity index (χ1n) is 24.3. The second-order valence-electron chi connectivity index (χ2n) is 19.1. The highest BCUT2D eigenvalue weighted by Crippen LogP contribution is 2.51. The van der Waals surface area contributed by atoms with Crippen molar-refractivity contribution in [2.75, 3.05) is 50.2 Å². The molecule has 2 N–H and O–H groups in total. The number of Topliss-reactive ketones (excluding diaryl/α,β-unsaturated/α-hetero) is 2. The Labute approximate surface area is 416 Å². The van der Waals surface area contributed by atoms with Crippen LogP contribution in [-0.4, -0.2) is 116 Å². The summed E-state index contributed by atoms with van der Waals surface area (Å²) in [6.07, 6.45) is 1.63. The van der Waals surface area contributed by atoms with Crippen LogP contribution in [-0.2, 0) is 22.4 Å². The van der Waals surface area contributed by atoms with Crippen molar-refractivity contribution in [1.82, 2.24) is 19.3 Å². The molecule has 68 heavy (non-hydrogen) atoms. The van der Waals surface area contributed by atoms with Crippen molar-refractivity contribution < 1.29 is 29.5 Å². The molecule has 4 unspecified atom stereocenters. The third-order valence-corrected chi connectivity index (χ3v) is 19.5. The number of thioether (sulfide) groups is 2. The van der Waals surface area contributed by atoms with E-state index in [9.17, 15) is 19.8 Å². The van der Waals surface area contributed by atoms with E-state index in [4.69, 9.17) is 9.68 Å². The minimum absolute atomic E-state index is 0.277. The summed E-state index contributed by atoms with van der Waals surface area (Å²) in [7, 11) is 4.47. The Kier molecular flexibility index (Phi) is 14.7. The van der Waals surface area contributed by atoms with E-state index >= 15 is 0 Å². The molecule has 10 nitrogen and oxygen atoms in total. The molecular formula is C54H62N4O6S4. The second-order valence-corrected chi connectivity index (χ2v) is 23.5. The maximum Gasteiger partial charge on any atom is 0.289 e. The summed E-state index contributed by atoms with van der Waals surface area (Å²) in [4.78, 5) is 47.7. The Morgan fingerprint density at radius 2 is 1.01 bits per heavy atom. The van der Waals surface area contributed by atoms with Crippen LogP contribution in [0, 0.1) is 11.8 Å². The lowest BCUT2D eigenvalue weighted by Crippen LogP contribution is -2.48. The van der Waals surface area contributed by atoms with Gasteiger partial charge < -0.3 is 29.7 Å². The molecule has 0 spiro atoms. The van der Waals surface area contributed by atoms with Gasteiger partial charge >= 0.3 is 0 Å². The van der Waals surface area contributed by atoms with Crippen molar-refractivity contribution in [3.05, 3.63) is 119 Å². The first kappa shape index (κ1) is 47.8. The number of aliphatic hydroxyl groups excluding tert-OH is 2. The van der Waals surface area contributed by atoms with E-state index in [-0.39, 0.29) is 12.1 Å². The first-order chi connectivity index (χ1) is 33.1. The van der Waals surface area contributed by atoms with Crippen LogP contribution in [0.2, 0.25) is 0 Å². The van der Waals surface area contributed by atoms with Gasteiger partial charge in [0.2, 0.25) is 0 Å². The average Bonchev–Trinajstić information content (AvgIpc) is 3.80. The summed E-state index contributed by atoms with van der Waals surface area (Å²) in [6.45, 7) is 6.53. The van der Waals surface area contributed by atoms with Crippen LogP contribution in [0.3, 0.4) is 0 Å². The SMILES string of the molecule is CCCSCC1C[C@@H]2c3cccc4c3c(c(Sc3ccccc3)n4OC(O)C(=O)C(=O)C(O)On3c(Sc4ccccc4)c4c5c(cccc53)[C@H]3CC(CSCCC)CN(C)[C@@H]3C4)C[C@H]2N(C)C1. The zero-order valence-corrected chi connectivity index (χ0v) is 42.6. The average molecular weight is 991 g/mol. The molecule has 0 bridgehead atoms. The van der Waals surface area contributed by atoms with Gasteiger partial charge in [-0.25, -0.2) is 0 Å². The third-order valence-electron chi connectivity index (χ3n) is 14.5. The predicted molar refractivity (Wildman–Crippen MR) is 277 cm³/mol.